The average molecular weight is 327 g/mol. The minimum atomic E-state index is 0.704. The van der Waals surface area contributed by atoms with Crippen LogP contribution in [0.4, 0.5) is 0 Å². The molecule has 2 fully saturated rings. The molecule has 4 nitrogen and oxygen atoms in total. The highest BCUT2D eigenvalue weighted by atomic mass is 79.9. The Balaban J connectivity index is 1.74. The molecule has 2 saturated heterocycles. The van der Waals surface area contributed by atoms with E-state index in [0.29, 0.717) is 12.1 Å². The van der Waals surface area contributed by atoms with Gasteiger partial charge in [0.1, 0.15) is 0 Å². The van der Waals surface area contributed by atoms with Crippen LogP contribution in [0.3, 0.4) is 0 Å². The van der Waals surface area contributed by atoms with E-state index in [2.05, 4.69) is 38.2 Å². The fourth-order valence-corrected chi connectivity index (χ4v) is 4.05. The second-order valence-corrected chi connectivity index (χ2v) is 6.65. The van der Waals surface area contributed by atoms with E-state index in [1.54, 1.807) is 0 Å². The maximum absolute atomic E-state index is 4.50. The number of aromatic nitrogens is 2. The predicted octanol–water partition coefficient (Wildman–Crippen LogP) is 2.21. The summed E-state index contributed by atoms with van der Waals surface area (Å²) in [7, 11) is 2.05. The zero-order valence-corrected chi connectivity index (χ0v) is 13.4. The van der Waals surface area contributed by atoms with Gasteiger partial charge in [-0.15, -0.1) is 0 Å². The number of rotatable bonds is 3. The molecule has 19 heavy (non-hydrogen) atoms. The second-order valence-electron chi connectivity index (χ2n) is 5.85. The summed E-state index contributed by atoms with van der Waals surface area (Å²) >= 11 is 3.69. The predicted molar refractivity (Wildman–Crippen MR) is 80.1 cm³/mol. The molecule has 1 aromatic heterocycles. The van der Waals surface area contributed by atoms with E-state index in [9.17, 15) is 0 Å². The van der Waals surface area contributed by atoms with Crippen LogP contribution in [0.2, 0.25) is 0 Å². The van der Waals surface area contributed by atoms with Crippen LogP contribution in [0.25, 0.3) is 0 Å². The Morgan fingerprint density at radius 2 is 2.21 bits per heavy atom. The SMILES string of the molecule is Cc1nn(C)c(CN2CCCC2C2CCCN2)c1Br. The van der Waals surface area contributed by atoms with E-state index < -0.39 is 0 Å². The van der Waals surface area contributed by atoms with E-state index in [0.717, 1.165) is 12.2 Å². The first-order valence-electron chi connectivity index (χ1n) is 7.32. The van der Waals surface area contributed by atoms with Gasteiger partial charge in [-0.1, -0.05) is 0 Å². The van der Waals surface area contributed by atoms with E-state index in [1.165, 1.54) is 48.9 Å². The molecule has 0 bridgehead atoms. The Kier molecular flexibility index (Phi) is 3.96. The fourth-order valence-electron chi connectivity index (χ4n) is 3.59. The normalized spacial score (nSPS) is 28.4. The van der Waals surface area contributed by atoms with Crippen molar-refractivity contribution in [3.8, 4) is 0 Å². The van der Waals surface area contributed by atoms with Gasteiger partial charge >= 0.3 is 0 Å². The van der Waals surface area contributed by atoms with Crippen LogP contribution in [0.15, 0.2) is 4.47 Å². The molecule has 2 atom stereocenters. The van der Waals surface area contributed by atoms with Gasteiger partial charge in [0.2, 0.25) is 0 Å². The third-order valence-electron chi connectivity index (χ3n) is 4.59. The smallest absolute Gasteiger partial charge is 0.0739 e. The standard InChI is InChI=1S/C14H23BrN4/c1-10-14(15)13(18(2)17-10)9-19-8-4-6-12(19)11-5-3-7-16-11/h11-12,16H,3-9H2,1-2H3. The van der Waals surface area contributed by atoms with Crippen LogP contribution in [0.1, 0.15) is 37.1 Å². The highest BCUT2D eigenvalue weighted by molar-refractivity contribution is 9.10. The topological polar surface area (TPSA) is 33.1 Å². The van der Waals surface area contributed by atoms with Gasteiger partial charge in [-0.2, -0.15) is 5.10 Å². The summed E-state index contributed by atoms with van der Waals surface area (Å²) < 4.78 is 3.21. The molecule has 0 amide bonds. The number of likely N-dealkylation sites (tertiary alicyclic amines) is 1. The first-order valence-corrected chi connectivity index (χ1v) is 8.11. The van der Waals surface area contributed by atoms with Crippen LogP contribution in [0.5, 0.6) is 0 Å². The fraction of sp³-hybridized carbons (Fsp3) is 0.786. The third-order valence-corrected chi connectivity index (χ3v) is 5.62. The van der Waals surface area contributed by atoms with Crippen molar-refractivity contribution >= 4 is 15.9 Å². The first-order chi connectivity index (χ1) is 9.16. The second kappa shape index (κ2) is 5.54. The molecule has 106 valence electrons. The quantitative estimate of drug-likeness (QED) is 0.924. The number of hydrogen-bond acceptors (Lipinski definition) is 3. The van der Waals surface area contributed by atoms with Gasteiger partial charge in [-0.05, 0) is 61.6 Å². The first kappa shape index (κ1) is 13.6. The molecule has 0 aliphatic carbocycles. The lowest BCUT2D eigenvalue weighted by atomic mass is 10.0. The number of nitrogens with one attached hydrogen (secondary N) is 1. The highest BCUT2D eigenvalue weighted by Crippen LogP contribution is 2.29. The van der Waals surface area contributed by atoms with Crippen LogP contribution >= 0.6 is 15.9 Å². The van der Waals surface area contributed by atoms with Crippen molar-refractivity contribution in [3.05, 3.63) is 15.9 Å². The lowest BCUT2D eigenvalue weighted by molar-refractivity contribution is 0.201. The lowest BCUT2D eigenvalue weighted by Crippen LogP contribution is -2.43. The molecule has 2 aliphatic rings. The Bertz CT molecular complexity index is 451. The number of halogens is 1. The Morgan fingerprint density at radius 1 is 1.37 bits per heavy atom. The minimum Gasteiger partial charge on any atom is -0.312 e. The van der Waals surface area contributed by atoms with Crippen LogP contribution in [-0.2, 0) is 13.6 Å². The summed E-state index contributed by atoms with van der Waals surface area (Å²) in [6.45, 7) is 5.50. The highest BCUT2D eigenvalue weighted by Gasteiger charge is 2.33. The lowest BCUT2D eigenvalue weighted by Gasteiger charge is -2.29. The van der Waals surface area contributed by atoms with Crippen molar-refractivity contribution in [1.29, 1.82) is 0 Å². The molecule has 3 rings (SSSR count). The maximum atomic E-state index is 4.50. The summed E-state index contributed by atoms with van der Waals surface area (Å²) in [4.78, 5) is 2.64. The molecule has 1 aromatic rings. The Hall–Kier alpha value is -0.390. The number of hydrogen-bond donors (Lipinski definition) is 1. The molecule has 0 aromatic carbocycles. The van der Waals surface area contributed by atoms with E-state index >= 15 is 0 Å². The maximum Gasteiger partial charge on any atom is 0.0739 e. The molecule has 5 heteroatoms. The molecule has 0 spiro atoms. The third kappa shape index (κ3) is 2.60. The Labute approximate surface area is 123 Å². The van der Waals surface area contributed by atoms with Gasteiger partial charge in [0, 0.05) is 25.7 Å². The van der Waals surface area contributed by atoms with E-state index in [4.69, 9.17) is 0 Å². The zero-order valence-electron chi connectivity index (χ0n) is 11.8. The monoisotopic (exact) mass is 326 g/mol. The average Bonchev–Trinajstić information content (AvgIpc) is 3.08. The number of nitrogens with zero attached hydrogens (tertiary/aromatic N) is 3. The van der Waals surface area contributed by atoms with E-state index in [-0.39, 0.29) is 0 Å². The summed E-state index contributed by atoms with van der Waals surface area (Å²) in [5.74, 6) is 0. The summed E-state index contributed by atoms with van der Waals surface area (Å²) in [6, 6.07) is 1.42. The summed E-state index contributed by atoms with van der Waals surface area (Å²) in [6.07, 6.45) is 5.35. The zero-order chi connectivity index (χ0) is 13.4. The van der Waals surface area contributed by atoms with Crippen molar-refractivity contribution in [2.45, 2.75) is 51.2 Å². The van der Waals surface area contributed by atoms with Gasteiger partial charge in [0.25, 0.3) is 0 Å². The van der Waals surface area contributed by atoms with Crippen molar-refractivity contribution < 1.29 is 0 Å². The van der Waals surface area contributed by atoms with Crippen LogP contribution in [0, 0.1) is 6.92 Å². The molecule has 2 aliphatic heterocycles. The largest absolute Gasteiger partial charge is 0.312 e. The Morgan fingerprint density at radius 3 is 2.84 bits per heavy atom. The van der Waals surface area contributed by atoms with Gasteiger partial charge in [0.15, 0.2) is 0 Å². The van der Waals surface area contributed by atoms with Gasteiger partial charge in [-0.25, -0.2) is 0 Å². The van der Waals surface area contributed by atoms with Crippen molar-refractivity contribution in [2.75, 3.05) is 13.1 Å². The van der Waals surface area contributed by atoms with Gasteiger partial charge in [-0.3, -0.25) is 9.58 Å². The van der Waals surface area contributed by atoms with E-state index in [1.807, 2.05) is 11.7 Å². The van der Waals surface area contributed by atoms with Gasteiger partial charge < -0.3 is 5.32 Å². The number of aryl methyl sites for hydroxylation is 2. The van der Waals surface area contributed by atoms with Gasteiger partial charge in [0.05, 0.1) is 15.9 Å². The molecule has 0 radical (unpaired) electrons. The van der Waals surface area contributed by atoms with Crippen LogP contribution in [-0.4, -0.2) is 39.9 Å². The molecule has 3 heterocycles. The molecule has 2 unspecified atom stereocenters. The van der Waals surface area contributed by atoms with Crippen LogP contribution < -0.4 is 5.32 Å². The molecular weight excluding hydrogens is 304 g/mol. The summed E-state index contributed by atoms with van der Waals surface area (Å²) in [5, 5.41) is 8.18. The van der Waals surface area contributed by atoms with Crippen molar-refractivity contribution in [1.82, 2.24) is 20.0 Å². The molecular formula is C14H23BrN4. The summed E-state index contributed by atoms with van der Waals surface area (Å²) in [5.41, 5.74) is 2.40. The molecule has 1 N–H and O–H groups in total. The van der Waals surface area contributed by atoms with Crippen molar-refractivity contribution in [2.24, 2.45) is 7.05 Å². The van der Waals surface area contributed by atoms with Crippen molar-refractivity contribution in [3.63, 3.8) is 0 Å². The molecule has 0 saturated carbocycles. The minimum absolute atomic E-state index is 0.704.